The molecule has 0 aromatic rings. The van der Waals surface area contributed by atoms with Gasteiger partial charge in [-0.1, -0.05) is 11.2 Å². The van der Waals surface area contributed by atoms with Crippen molar-refractivity contribution in [1.29, 1.82) is 10.5 Å². The van der Waals surface area contributed by atoms with Gasteiger partial charge in [0.15, 0.2) is 0 Å². The summed E-state index contributed by atoms with van der Waals surface area (Å²) in [6, 6.07) is 3.78. The van der Waals surface area contributed by atoms with Crippen molar-refractivity contribution in [2.75, 3.05) is 0 Å². The van der Waals surface area contributed by atoms with Gasteiger partial charge in [0.25, 0.3) is 0 Å². The third-order valence-electron chi connectivity index (χ3n) is 1.82. The summed E-state index contributed by atoms with van der Waals surface area (Å²) >= 11 is 0. The molecule has 0 fully saturated rings. The van der Waals surface area contributed by atoms with E-state index in [1.165, 1.54) is 0 Å². The highest BCUT2D eigenvalue weighted by molar-refractivity contribution is 5.97. The van der Waals surface area contributed by atoms with Gasteiger partial charge in [-0.05, 0) is 6.08 Å². The van der Waals surface area contributed by atoms with E-state index >= 15 is 0 Å². The predicted octanol–water partition coefficient (Wildman–Crippen LogP) is 1.06. The smallest absolute Gasteiger partial charge is 0.139 e. The van der Waals surface area contributed by atoms with Crippen LogP contribution in [-0.2, 0) is 0 Å². The quantitative estimate of drug-likeness (QED) is 0.461. The predicted molar refractivity (Wildman–Crippen MR) is 41.2 cm³/mol. The maximum absolute atomic E-state index is 8.54. The Hall–Kier alpha value is -1.81. The fraction of sp³-hybridized carbons (Fsp3) is 0.375. The number of nitrogens with zero attached hydrogens (tertiary/aromatic N) is 3. The van der Waals surface area contributed by atoms with Gasteiger partial charge in [0.2, 0.25) is 0 Å². The van der Waals surface area contributed by atoms with Gasteiger partial charge in [-0.2, -0.15) is 10.5 Å². The molecule has 0 heterocycles. The first-order valence-corrected chi connectivity index (χ1v) is 3.50. The lowest BCUT2D eigenvalue weighted by Crippen LogP contribution is -2.07. The maximum Gasteiger partial charge on any atom is 0.139 e. The van der Waals surface area contributed by atoms with E-state index in [0.29, 0.717) is 12.1 Å². The zero-order valence-electron chi connectivity index (χ0n) is 6.31. The van der Waals surface area contributed by atoms with Crippen molar-refractivity contribution in [3.63, 3.8) is 0 Å². The van der Waals surface area contributed by atoms with Crippen molar-refractivity contribution in [3.8, 4) is 12.1 Å². The molecule has 0 amide bonds. The first-order valence-electron chi connectivity index (χ1n) is 3.50. The van der Waals surface area contributed by atoms with Crippen LogP contribution in [0.4, 0.5) is 0 Å². The van der Waals surface area contributed by atoms with Crippen molar-refractivity contribution < 1.29 is 5.21 Å². The summed E-state index contributed by atoms with van der Waals surface area (Å²) in [4.78, 5) is 0. The molecule has 1 atom stereocenters. The second-order valence-corrected chi connectivity index (χ2v) is 2.55. The molecule has 4 nitrogen and oxygen atoms in total. The molecule has 0 saturated carbocycles. The summed E-state index contributed by atoms with van der Waals surface area (Å²) in [5.41, 5.74) is 0.524. The Labute approximate surface area is 70.0 Å². The fourth-order valence-electron chi connectivity index (χ4n) is 1.14. The normalized spacial score (nSPS) is 24.2. The van der Waals surface area contributed by atoms with Gasteiger partial charge >= 0.3 is 0 Å². The molecular formula is C8H7N3O. The van der Waals surface area contributed by atoms with Crippen LogP contribution in [0.2, 0.25) is 0 Å². The van der Waals surface area contributed by atoms with E-state index in [-0.39, 0.29) is 5.92 Å². The SMILES string of the molecule is N#CC(C#N)[C@@H]1C=C/C(=N\O)C1. The van der Waals surface area contributed by atoms with E-state index in [0.717, 1.165) is 0 Å². The van der Waals surface area contributed by atoms with Crippen molar-refractivity contribution in [1.82, 2.24) is 0 Å². The summed E-state index contributed by atoms with van der Waals surface area (Å²) < 4.78 is 0. The molecule has 0 aromatic carbocycles. The van der Waals surface area contributed by atoms with E-state index in [4.69, 9.17) is 15.7 Å². The van der Waals surface area contributed by atoms with Crippen LogP contribution in [0, 0.1) is 34.5 Å². The highest BCUT2D eigenvalue weighted by Crippen LogP contribution is 2.22. The summed E-state index contributed by atoms with van der Waals surface area (Å²) in [7, 11) is 0. The number of hydrogen-bond acceptors (Lipinski definition) is 4. The Balaban J connectivity index is 2.68. The Morgan fingerprint density at radius 2 is 2.25 bits per heavy atom. The second-order valence-electron chi connectivity index (χ2n) is 2.55. The molecular weight excluding hydrogens is 154 g/mol. The minimum Gasteiger partial charge on any atom is -0.411 e. The average Bonchev–Trinajstić information content (AvgIpc) is 2.55. The lowest BCUT2D eigenvalue weighted by atomic mass is 9.94. The summed E-state index contributed by atoms with van der Waals surface area (Å²) in [6.45, 7) is 0. The van der Waals surface area contributed by atoms with Crippen molar-refractivity contribution in [2.24, 2.45) is 17.0 Å². The summed E-state index contributed by atoms with van der Waals surface area (Å²) in [5, 5.41) is 28.5. The topological polar surface area (TPSA) is 80.2 Å². The lowest BCUT2D eigenvalue weighted by molar-refractivity contribution is 0.318. The lowest BCUT2D eigenvalue weighted by Gasteiger charge is -2.04. The molecule has 0 saturated heterocycles. The first kappa shape index (κ1) is 8.29. The van der Waals surface area contributed by atoms with Crippen LogP contribution in [0.1, 0.15) is 6.42 Å². The van der Waals surface area contributed by atoms with Gasteiger partial charge in [0.1, 0.15) is 5.92 Å². The van der Waals surface area contributed by atoms with Gasteiger partial charge in [0.05, 0.1) is 17.9 Å². The Bertz CT molecular complexity index is 291. The van der Waals surface area contributed by atoms with Gasteiger partial charge in [-0.25, -0.2) is 0 Å². The molecule has 1 aliphatic carbocycles. The van der Waals surface area contributed by atoms with E-state index < -0.39 is 5.92 Å². The first-order chi connectivity index (χ1) is 5.81. The number of hydrogen-bond donors (Lipinski definition) is 1. The van der Waals surface area contributed by atoms with E-state index in [9.17, 15) is 0 Å². The molecule has 0 aromatic heterocycles. The molecule has 12 heavy (non-hydrogen) atoms. The Kier molecular flexibility index (Phi) is 2.45. The molecule has 0 radical (unpaired) electrons. The summed E-state index contributed by atoms with van der Waals surface area (Å²) in [5.74, 6) is -0.758. The van der Waals surface area contributed by atoms with Crippen LogP contribution in [0.3, 0.4) is 0 Å². The van der Waals surface area contributed by atoms with Crippen LogP contribution < -0.4 is 0 Å². The van der Waals surface area contributed by atoms with Crippen LogP contribution >= 0.6 is 0 Å². The van der Waals surface area contributed by atoms with Crippen molar-refractivity contribution >= 4 is 5.71 Å². The van der Waals surface area contributed by atoms with Gasteiger partial charge < -0.3 is 5.21 Å². The van der Waals surface area contributed by atoms with Gasteiger partial charge in [-0.15, -0.1) is 0 Å². The minimum absolute atomic E-state index is 0.120. The van der Waals surface area contributed by atoms with Crippen molar-refractivity contribution in [2.45, 2.75) is 6.42 Å². The molecule has 1 N–H and O–H groups in total. The van der Waals surface area contributed by atoms with Gasteiger partial charge in [0, 0.05) is 12.3 Å². The van der Waals surface area contributed by atoms with E-state index in [2.05, 4.69) is 5.16 Å². The third-order valence-corrected chi connectivity index (χ3v) is 1.82. The van der Waals surface area contributed by atoms with Crippen LogP contribution in [0.5, 0.6) is 0 Å². The van der Waals surface area contributed by atoms with E-state index in [1.54, 1.807) is 12.2 Å². The fourth-order valence-corrected chi connectivity index (χ4v) is 1.14. The number of rotatable bonds is 1. The zero-order valence-corrected chi connectivity index (χ0v) is 6.31. The van der Waals surface area contributed by atoms with E-state index in [1.807, 2.05) is 12.1 Å². The molecule has 1 aliphatic rings. The largest absolute Gasteiger partial charge is 0.411 e. The van der Waals surface area contributed by atoms with Crippen LogP contribution in [0.25, 0.3) is 0 Å². The highest BCUT2D eigenvalue weighted by atomic mass is 16.4. The number of allylic oxidation sites excluding steroid dienone is 2. The summed E-state index contributed by atoms with van der Waals surface area (Å²) in [6.07, 6.45) is 3.83. The molecule has 0 aliphatic heterocycles. The molecule has 4 heteroatoms. The van der Waals surface area contributed by atoms with Crippen molar-refractivity contribution in [3.05, 3.63) is 12.2 Å². The third kappa shape index (κ3) is 1.43. The zero-order chi connectivity index (χ0) is 8.97. The minimum atomic E-state index is -0.638. The maximum atomic E-state index is 8.54. The Morgan fingerprint density at radius 1 is 1.58 bits per heavy atom. The highest BCUT2D eigenvalue weighted by Gasteiger charge is 2.23. The molecule has 60 valence electrons. The Morgan fingerprint density at radius 3 is 2.67 bits per heavy atom. The van der Waals surface area contributed by atoms with Crippen LogP contribution in [-0.4, -0.2) is 10.9 Å². The monoisotopic (exact) mass is 161 g/mol. The molecule has 1 rings (SSSR count). The van der Waals surface area contributed by atoms with Gasteiger partial charge in [-0.3, -0.25) is 0 Å². The second kappa shape index (κ2) is 3.54. The number of nitriles is 2. The van der Waals surface area contributed by atoms with Crippen LogP contribution in [0.15, 0.2) is 17.3 Å². The molecule has 0 unspecified atom stereocenters. The standard InChI is InChI=1S/C8H7N3O/c9-4-7(5-10)6-1-2-8(3-6)11-12/h1-2,6-7,12H,3H2/b11-8+/t6-/m1/s1. The average molecular weight is 161 g/mol. The molecule has 0 spiro atoms. The molecule has 0 bridgehead atoms. The number of oxime groups is 1.